The van der Waals surface area contributed by atoms with Gasteiger partial charge in [-0.15, -0.1) is 0 Å². The van der Waals surface area contributed by atoms with E-state index in [1.807, 2.05) is 19.9 Å². The van der Waals surface area contributed by atoms with Crippen LogP contribution in [0.2, 0.25) is 0 Å². The number of rotatable bonds is 5. The van der Waals surface area contributed by atoms with Crippen molar-refractivity contribution in [2.45, 2.75) is 52.7 Å². The number of hydrogen-bond donors (Lipinski definition) is 2. The van der Waals surface area contributed by atoms with Gasteiger partial charge in [0.2, 0.25) is 5.91 Å². The molecule has 0 aromatic carbocycles. The van der Waals surface area contributed by atoms with Crippen LogP contribution >= 0.6 is 0 Å². The van der Waals surface area contributed by atoms with Crippen LogP contribution in [-0.4, -0.2) is 23.2 Å². The van der Waals surface area contributed by atoms with E-state index in [0.717, 1.165) is 12.0 Å². The van der Waals surface area contributed by atoms with E-state index in [2.05, 4.69) is 5.32 Å². The Morgan fingerprint density at radius 1 is 1.50 bits per heavy atom. The summed E-state index contributed by atoms with van der Waals surface area (Å²) in [5.74, 6) is -0.0417. The third kappa shape index (κ3) is 5.75. The van der Waals surface area contributed by atoms with Crippen molar-refractivity contribution in [2.24, 2.45) is 0 Å². The average molecular weight is 199 g/mol. The summed E-state index contributed by atoms with van der Waals surface area (Å²) in [6.45, 7) is 7.41. The number of carbonyl (C=O) groups is 1. The van der Waals surface area contributed by atoms with Crippen LogP contribution in [0.4, 0.5) is 0 Å². The maximum atomic E-state index is 11.5. The van der Waals surface area contributed by atoms with Crippen molar-refractivity contribution in [3.05, 3.63) is 11.6 Å². The summed E-state index contributed by atoms with van der Waals surface area (Å²) in [7, 11) is 0. The first-order chi connectivity index (χ1) is 6.47. The van der Waals surface area contributed by atoms with E-state index < -0.39 is 0 Å². The molecule has 3 heteroatoms. The quantitative estimate of drug-likeness (QED) is 0.661. The molecule has 0 aliphatic rings. The topological polar surface area (TPSA) is 49.3 Å². The molecule has 0 fully saturated rings. The first-order valence-corrected chi connectivity index (χ1v) is 5.13. The van der Waals surface area contributed by atoms with Gasteiger partial charge in [-0.25, -0.2) is 0 Å². The standard InChI is InChI=1S/C11H21NO2/c1-5-6-8(2)11(14)12-9(3)7-10(4)13/h6,9-10,13H,5,7H2,1-4H3,(H,12,14)/b8-6-. The largest absolute Gasteiger partial charge is 0.393 e. The minimum absolute atomic E-state index is 0.0164. The average Bonchev–Trinajstić information content (AvgIpc) is 2.02. The van der Waals surface area contributed by atoms with Gasteiger partial charge in [0, 0.05) is 11.6 Å². The molecule has 0 saturated heterocycles. The number of aliphatic hydroxyl groups is 1. The van der Waals surface area contributed by atoms with E-state index in [1.165, 1.54) is 0 Å². The molecule has 0 rings (SSSR count). The van der Waals surface area contributed by atoms with E-state index >= 15 is 0 Å². The molecule has 0 aromatic heterocycles. The zero-order valence-corrected chi connectivity index (χ0v) is 9.50. The van der Waals surface area contributed by atoms with Crippen molar-refractivity contribution < 1.29 is 9.90 Å². The Balaban J connectivity index is 3.99. The highest BCUT2D eigenvalue weighted by Gasteiger charge is 2.10. The van der Waals surface area contributed by atoms with Crippen molar-refractivity contribution in [1.82, 2.24) is 5.32 Å². The number of nitrogens with one attached hydrogen (secondary N) is 1. The first-order valence-electron chi connectivity index (χ1n) is 5.13. The van der Waals surface area contributed by atoms with Crippen LogP contribution in [-0.2, 0) is 4.79 Å². The summed E-state index contributed by atoms with van der Waals surface area (Å²) < 4.78 is 0. The number of amides is 1. The Labute approximate surface area is 86.2 Å². The molecule has 2 atom stereocenters. The van der Waals surface area contributed by atoms with Crippen LogP contribution in [0.25, 0.3) is 0 Å². The van der Waals surface area contributed by atoms with Gasteiger partial charge in [-0.3, -0.25) is 4.79 Å². The van der Waals surface area contributed by atoms with Gasteiger partial charge in [-0.2, -0.15) is 0 Å². The highest BCUT2D eigenvalue weighted by atomic mass is 16.3. The Morgan fingerprint density at radius 2 is 2.07 bits per heavy atom. The maximum Gasteiger partial charge on any atom is 0.246 e. The molecular formula is C11H21NO2. The van der Waals surface area contributed by atoms with Gasteiger partial charge in [-0.1, -0.05) is 13.0 Å². The van der Waals surface area contributed by atoms with E-state index in [1.54, 1.807) is 13.8 Å². The second-order valence-electron chi connectivity index (χ2n) is 3.75. The zero-order chi connectivity index (χ0) is 11.1. The maximum absolute atomic E-state index is 11.5. The van der Waals surface area contributed by atoms with Crippen molar-refractivity contribution in [2.75, 3.05) is 0 Å². The lowest BCUT2D eigenvalue weighted by Gasteiger charge is -2.15. The Kier molecular flexibility index (Phi) is 6.21. The highest BCUT2D eigenvalue weighted by molar-refractivity contribution is 5.92. The summed E-state index contributed by atoms with van der Waals surface area (Å²) in [5.41, 5.74) is 0.741. The van der Waals surface area contributed by atoms with Crippen LogP contribution in [0.5, 0.6) is 0 Å². The summed E-state index contributed by atoms with van der Waals surface area (Å²) in [5, 5.41) is 11.9. The number of allylic oxidation sites excluding steroid dienone is 1. The number of carbonyl (C=O) groups excluding carboxylic acids is 1. The second-order valence-corrected chi connectivity index (χ2v) is 3.75. The molecule has 82 valence electrons. The fourth-order valence-electron chi connectivity index (χ4n) is 1.31. The third-order valence-electron chi connectivity index (χ3n) is 1.94. The van der Waals surface area contributed by atoms with Gasteiger partial charge in [-0.05, 0) is 33.6 Å². The summed E-state index contributed by atoms with van der Waals surface area (Å²) in [6.07, 6.45) is 2.97. The summed E-state index contributed by atoms with van der Waals surface area (Å²) in [6, 6.07) is 0.0164. The molecule has 14 heavy (non-hydrogen) atoms. The lowest BCUT2D eigenvalue weighted by Crippen LogP contribution is -2.35. The second kappa shape index (κ2) is 6.60. The van der Waals surface area contributed by atoms with Crippen LogP contribution in [0.1, 0.15) is 40.5 Å². The van der Waals surface area contributed by atoms with Gasteiger partial charge in [0.05, 0.1) is 6.10 Å². The van der Waals surface area contributed by atoms with Crippen molar-refractivity contribution in [1.29, 1.82) is 0 Å². The highest BCUT2D eigenvalue weighted by Crippen LogP contribution is 2.00. The van der Waals surface area contributed by atoms with Gasteiger partial charge < -0.3 is 10.4 Å². The van der Waals surface area contributed by atoms with E-state index in [0.29, 0.717) is 6.42 Å². The molecular weight excluding hydrogens is 178 g/mol. The fourth-order valence-corrected chi connectivity index (χ4v) is 1.31. The monoisotopic (exact) mass is 199 g/mol. The minimum atomic E-state index is -0.374. The van der Waals surface area contributed by atoms with Crippen LogP contribution < -0.4 is 5.32 Å². The Bertz CT molecular complexity index is 209. The molecule has 1 amide bonds. The molecule has 0 aromatic rings. The predicted octanol–water partition coefficient (Wildman–Crippen LogP) is 1.62. The normalized spacial score (nSPS) is 16.2. The molecule has 0 heterocycles. The molecule has 2 N–H and O–H groups in total. The molecule has 0 radical (unpaired) electrons. The van der Waals surface area contributed by atoms with Crippen LogP contribution in [0.3, 0.4) is 0 Å². The molecule has 2 unspecified atom stereocenters. The van der Waals surface area contributed by atoms with Crippen molar-refractivity contribution >= 4 is 5.91 Å². The van der Waals surface area contributed by atoms with E-state index in [4.69, 9.17) is 5.11 Å². The van der Waals surface area contributed by atoms with Gasteiger partial charge >= 0.3 is 0 Å². The van der Waals surface area contributed by atoms with E-state index in [9.17, 15) is 4.79 Å². The number of hydrogen-bond acceptors (Lipinski definition) is 2. The van der Waals surface area contributed by atoms with Crippen molar-refractivity contribution in [3.63, 3.8) is 0 Å². The predicted molar refractivity (Wildman–Crippen MR) is 58.0 cm³/mol. The summed E-state index contributed by atoms with van der Waals surface area (Å²) in [4.78, 5) is 11.5. The zero-order valence-electron chi connectivity index (χ0n) is 9.50. The van der Waals surface area contributed by atoms with Gasteiger partial charge in [0.1, 0.15) is 0 Å². The molecule has 0 spiro atoms. The summed E-state index contributed by atoms with van der Waals surface area (Å²) >= 11 is 0. The molecule has 0 aliphatic heterocycles. The molecule has 0 bridgehead atoms. The van der Waals surface area contributed by atoms with Gasteiger partial charge in [0.25, 0.3) is 0 Å². The van der Waals surface area contributed by atoms with Gasteiger partial charge in [0.15, 0.2) is 0 Å². The smallest absolute Gasteiger partial charge is 0.246 e. The van der Waals surface area contributed by atoms with E-state index in [-0.39, 0.29) is 18.1 Å². The lowest BCUT2D eigenvalue weighted by atomic mass is 10.1. The van der Waals surface area contributed by atoms with Crippen LogP contribution in [0.15, 0.2) is 11.6 Å². The minimum Gasteiger partial charge on any atom is -0.393 e. The fraction of sp³-hybridized carbons (Fsp3) is 0.727. The first kappa shape index (κ1) is 13.2. The number of aliphatic hydroxyl groups excluding tert-OH is 1. The lowest BCUT2D eigenvalue weighted by molar-refractivity contribution is -0.118. The SMILES string of the molecule is CC/C=C(/C)C(=O)NC(C)CC(C)O. The Morgan fingerprint density at radius 3 is 2.50 bits per heavy atom. The van der Waals surface area contributed by atoms with Crippen LogP contribution in [0, 0.1) is 0 Å². The molecule has 0 aliphatic carbocycles. The van der Waals surface area contributed by atoms with Crippen molar-refractivity contribution in [3.8, 4) is 0 Å². The Hall–Kier alpha value is -0.830. The molecule has 0 saturated carbocycles. The third-order valence-corrected chi connectivity index (χ3v) is 1.94. The molecule has 3 nitrogen and oxygen atoms in total.